The van der Waals surface area contributed by atoms with Crippen LogP contribution in [-0.4, -0.2) is 0 Å². The van der Waals surface area contributed by atoms with Crippen LogP contribution >= 0.6 is 0 Å². The van der Waals surface area contributed by atoms with Crippen LogP contribution in [0.1, 0.15) is 39.5 Å². The normalized spacial score (nSPS) is 64.9. The van der Waals surface area contributed by atoms with Crippen LogP contribution in [0.4, 0.5) is 0 Å². The maximum Gasteiger partial charge on any atom is -0.0294 e. The molecule has 0 amide bonds. The van der Waals surface area contributed by atoms with Crippen molar-refractivity contribution in [1.82, 2.24) is 0 Å². The summed E-state index contributed by atoms with van der Waals surface area (Å²) in [6, 6.07) is 0. The number of rotatable bonds is 1. The monoisotopic (exact) mass is 150 g/mol. The van der Waals surface area contributed by atoms with Gasteiger partial charge in [0.25, 0.3) is 0 Å². The summed E-state index contributed by atoms with van der Waals surface area (Å²) in [5.74, 6) is 4.72. The van der Waals surface area contributed by atoms with Crippen LogP contribution in [0, 0.1) is 29.1 Å². The van der Waals surface area contributed by atoms with E-state index in [1.807, 2.05) is 0 Å². The van der Waals surface area contributed by atoms with Crippen molar-refractivity contribution in [3.63, 3.8) is 0 Å². The molecular weight excluding hydrogens is 132 g/mol. The van der Waals surface area contributed by atoms with Gasteiger partial charge in [-0.15, -0.1) is 0 Å². The van der Waals surface area contributed by atoms with Gasteiger partial charge in [-0.3, -0.25) is 0 Å². The Morgan fingerprint density at radius 1 is 1.27 bits per heavy atom. The van der Waals surface area contributed by atoms with Gasteiger partial charge in [-0.1, -0.05) is 20.3 Å². The molecule has 0 aliphatic heterocycles. The Labute approximate surface area is 69.4 Å². The highest BCUT2D eigenvalue weighted by Gasteiger charge is 2.64. The van der Waals surface area contributed by atoms with Gasteiger partial charge in [0.15, 0.2) is 0 Å². The molecule has 3 aliphatic carbocycles. The molecule has 62 valence electrons. The Morgan fingerprint density at radius 2 is 2.09 bits per heavy atom. The summed E-state index contributed by atoms with van der Waals surface area (Å²) in [6.07, 6.45) is 6.18. The van der Waals surface area contributed by atoms with Crippen LogP contribution in [0.3, 0.4) is 0 Å². The number of hydrogen-bond acceptors (Lipinski definition) is 0. The molecule has 3 aliphatic rings. The summed E-state index contributed by atoms with van der Waals surface area (Å²) in [6.45, 7) is 4.92. The summed E-state index contributed by atoms with van der Waals surface area (Å²) in [5.41, 5.74) is 0.766. The zero-order chi connectivity index (χ0) is 7.64. The van der Waals surface area contributed by atoms with Crippen molar-refractivity contribution >= 4 is 0 Å². The first-order valence-electron chi connectivity index (χ1n) is 5.24. The van der Waals surface area contributed by atoms with Gasteiger partial charge in [-0.2, -0.15) is 0 Å². The third kappa shape index (κ3) is 0.554. The Morgan fingerprint density at radius 3 is 2.64 bits per heavy atom. The molecule has 11 heavy (non-hydrogen) atoms. The van der Waals surface area contributed by atoms with Crippen LogP contribution in [0.5, 0.6) is 0 Å². The van der Waals surface area contributed by atoms with Gasteiger partial charge in [-0.25, -0.2) is 0 Å². The summed E-state index contributed by atoms with van der Waals surface area (Å²) < 4.78 is 0. The standard InChI is InChI=1S/C11H18/c1-3-11(2)6-8-4-7-5-9(11)10(7)8/h7-10H,3-6H2,1-2H3. The minimum Gasteiger partial charge on any atom is -0.0649 e. The Hall–Kier alpha value is 0. The van der Waals surface area contributed by atoms with E-state index in [2.05, 4.69) is 13.8 Å². The molecule has 5 unspecified atom stereocenters. The van der Waals surface area contributed by atoms with Crippen LogP contribution in [-0.2, 0) is 0 Å². The maximum atomic E-state index is 2.53. The first kappa shape index (κ1) is 6.51. The fourth-order valence-electron chi connectivity index (χ4n) is 4.22. The van der Waals surface area contributed by atoms with Gasteiger partial charge < -0.3 is 0 Å². The Kier molecular flexibility index (Phi) is 0.990. The fraction of sp³-hybridized carbons (Fsp3) is 1.00. The Balaban J connectivity index is 1.90. The maximum absolute atomic E-state index is 2.53. The molecule has 0 radical (unpaired) electrons. The van der Waals surface area contributed by atoms with Crippen molar-refractivity contribution in [3.8, 4) is 0 Å². The third-order valence-electron chi connectivity index (χ3n) is 5.15. The molecule has 0 heterocycles. The molecule has 3 saturated carbocycles. The van der Waals surface area contributed by atoms with Gasteiger partial charge in [0, 0.05) is 0 Å². The smallest absolute Gasteiger partial charge is 0.0294 e. The highest BCUT2D eigenvalue weighted by Crippen LogP contribution is 2.72. The predicted octanol–water partition coefficient (Wildman–Crippen LogP) is 3.08. The second kappa shape index (κ2) is 1.67. The van der Waals surface area contributed by atoms with E-state index >= 15 is 0 Å². The molecule has 0 aromatic carbocycles. The van der Waals surface area contributed by atoms with E-state index in [1.54, 1.807) is 19.3 Å². The van der Waals surface area contributed by atoms with Gasteiger partial charge in [0.2, 0.25) is 0 Å². The largest absolute Gasteiger partial charge is 0.0649 e. The van der Waals surface area contributed by atoms with Crippen molar-refractivity contribution < 1.29 is 0 Å². The van der Waals surface area contributed by atoms with Gasteiger partial charge in [0.05, 0.1) is 0 Å². The van der Waals surface area contributed by atoms with E-state index in [9.17, 15) is 0 Å². The average Bonchev–Trinajstić information content (AvgIpc) is 2.08. The second-order valence-corrected chi connectivity index (χ2v) is 5.39. The van der Waals surface area contributed by atoms with Crippen LogP contribution in [0.25, 0.3) is 0 Å². The molecule has 0 N–H and O–H groups in total. The van der Waals surface area contributed by atoms with Crippen LogP contribution in [0.2, 0.25) is 0 Å². The van der Waals surface area contributed by atoms with Crippen molar-refractivity contribution in [2.24, 2.45) is 29.1 Å². The molecule has 5 atom stereocenters. The minimum atomic E-state index is 0.766. The molecular formula is C11H18. The van der Waals surface area contributed by atoms with Crippen molar-refractivity contribution in [2.45, 2.75) is 39.5 Å². The zero-order valence-electron chi connectivity index (χ0n) is 7.64. The molecule has 0 aromatic rings. The highest BCUT2D eigenvalue weighted by atomic mass is 14.7. The average molecular weight is 150 g/mol. The van der Waals surface area contributed by atoms with E-state index in [0.717, 1.165) is 11.3 Å². The van der Waals surface area contributed by atoms with E-state index in [4.69, 9.17) is 0 Å². The van der Waals surface area contributed by atoms with Crippen LogP contribution < -0.4 is 0 Å². The lowest BCUT2D eigenvalue weighted by Gasteiger charge is -2.55. The van der Waals surface area contributed by atoms with Crippen molar-refractivity contribution in [1.29, 1.82) is 0 Å². The first-order valence-corrected chi connectivity index (χ1v) is 5.24. The molecule has 0 heteroatoms. The second-order valence-electron chi connectivity index (χ2n) is 5.39. The quantitative estimate of drug-likeness (QED) is 0.539. The first-order chi connectivity index (χ1) is 5.24. The van der Waals surface area contributed by atoms with E-state index in [1.165, 1.54) is 24.2 Å². The lowest BCUT2D eigenvalue weighted by molar-refractivity contribution is -0.0629. The van der Waals surface area contributed by atoms with Crippen LogP contribution in [0.15, 0.2) is 0 Å². The molecule has 3 rings (SSSR count). The Bertz CT molecular complexity index is 196. The zero-order valence-corrected chi connectivity index (χ0v) is 7.64. The topological polar surface area (TPSA) is 0 Å². The van der Waals surface area contributed by atoms with E-state index in [0.29, 0.717) is 0 Å². The van der Waals surface area contributed by atoms with Gasteiger partial charge in [0.1, 0.15) is 0 Å². The highest BCUT2D eigenvalue weighted by molar-refractivity contribution is 5.13. The molecule has 0 saturated heterocycles. The predicted molar refractivity (Wildman–Crippen MR) is 46.2 cm³/mol. The van der Waals surface area contributed by atoms with E-state index in [-0.39, 0.29) is 0 Å². The lowest BCUT2D eigenvalue weighted by atomic mass is 9.50. The molecule has 0 aromatic heterocycles. The lowest BCUT2D eigenvalue weighted by Crippen LogP contribution is -2.48. The minimum absolute atomic E-state index is 0.766. The SMILES string of the molecule is CCC1(C)CC2CC3CC1C32. The fourth-order valence-corrected chi connectivity index (χ4v) is 4.22. The summed E-state index contributed by atoms with van der Waals surface area (Å²) in [5, 5.41) is 0. The van der Waals surface area contributed by atoms with Gasteiger partial charge >= 0.3 is 0 Å². The molecule has 0 bridgehead atoms. The number of hydrogen-bond donors (Lipinski definition) is 0. The summed E-state index contributed by atoms with van der Waals surface area (Å²) in [4.78, 5) is 0. The molecule has 0 nitrogen and oxygen atoms in total. The summed E-state index contributed by atoms with van der Waals surface area (Å²) in [7, 11) is 0. The molecule has 0 spiro atoms. The van der Waals surface area contributed by atoms with Gasteiger partial charge in [-0.05, 0) is 48.3 Å². The summed E-state index contributed by atoms with van der Waals surface area (Å²) >= 11 is 0. The van der Waals surface area contributed by atoms with Crippen molar-refractivity contribution in [2.75, 3.05) is 0 Å². The molecule has 3 fully saturated rings. The van der Waals surface area contributed by atoms with E-state index < -0.39 is 0 Å². The third-order valence-corrected chi connectivity index (χ3v) is 5.15. The van der Waals surface area contributed by atoms with Crippen molar-refractivity contribution in [3.05, 3.63) is 0 Å².